The Morgan fingerprint density at radius 1 is 1.09 bits per heavy atom. The maximum atomic E-state index is 13.2. The van der Waals surface area contributed by atoms with E-state index in [0.29, 0.717) is 29.1 Å². The van der Waals surface area contributed by atoms with Crippen LogP contribution >= 0.6 is 11.8 Å². The number of benzene rings is 2. The number of thioether (sulfide) groups is 1. The van der Waals surface area contributed by atoms with E-state index in [1.165, 1.54) is 5.56 Å². The predicted octanol–water partition coefficient (Wildman–Crippen LogP) is 5.68. The summed E-state index contributed by atoms with van der Waals surface area (Å²) in [5.74, 6) is 1.76. The first-order chi connectivity index (χ1) is 15.5. The molecule has 0 fully saturated rings. The minimum atomic E-state index is -0.643. The Morgan fingerprint density at radius 3 is 2.53 bits per heavy atom. The molecule has 2 heterocycles. The van der Waals surface area contributed by atoms with Gasteiger partial charge in [-0.2, -0.15) is 4.98 Å². The van der Waals surface area contributed by atoms with Crippen LogP contribution in [0.25, 0.3) is 11.3 Å². The molecule has 1 aliphatic heterocycles. The fourth-order valence-electron chi connectivity index (χ4n) is 3.59. The largest absolute Gasteiger partial charge is 0.447 e. The van der Waals surface area contributed by atoms with Crippen molar-refractivity contribution >= 4 is 23.4 Å². The fraction of sp³-hybridized carbons (Fsp3) is 0.360. The molecular formula is C25H28N4O2S. The lowest BCUT2D eigenvalue weighted by Gasteiger charge is -2.30. The molecule has 0 saturated heterocycles. The summed E-state index contributed by atoms with van der Waals surface area (Å²) in [5.41, 5.74) is 4.21. The Hall–Kier alpha value is -2.93. The van der Waals surface area contributed by atoms with Crippen LogP contribution in [0.1, 0.15) is 51.5 Å². The van der Waals surface area contributed by atoms with Gasteiger partial charge in [-0.3, -0.25) is 9.69 Å². The van der Waals surface area contributed by atoms with Crippen molar-refractivity contribution in [1.29, 1.82) is 0 Å². The number of hydrogen-bond donors (Lipinski definition) is 0. The highest BCUT2D eigenvalue weighted by Crippen LogP contribution is 2.43. The highest BCUT2D eigenvalue weighted by Gasteiger charge is 2.35. The molecule has 1 aliphatic rings. The maximum Gasteiger partial charge on any atom is 0.247 e. The van der Waals surface area contributed by atoms with E-state index in [1.807, 2.05) is 43.3 Å². The third-order valence-corrected chi connectivity index (χ3v) is 6.57. The quantitative estimate of drug-likeness (QED) is 0.452. The van der Waals surface area contributed by atoms with E-state index in [9.17, 15) is 4.79 Å². The molecule has 0 radical (unpaired) electrons. The van der Waals surface area contributed by atoms with E-state index in [0.717, 1.165) is 29.0 Å². The summed E-state index contributed by atoms with van der Waals surface area (Å²) in [7, 11) is 0. The molecule has 0 unspecified atom stereocenters. The highest BCUT2D eigenvalue weighted by molar-refractivity contribution is 7.99. The van der Waals surface area contributed by atoms with Crippen LogP contribution in [0.4, 0.5) is 5.69 Å². The lowest BCUT2D eigenvalue weighted by molar-refractivity contribution is -0.120. The van der Waals surface area contributed by atoms with E-state index in [-0.39, 0.29) is 5.91 Å². The van der Waals surface area contributed by atoms with E-state index in [2.05, 4.69) is 43.1 Å². The van der Waals surface area contributed by atoms with Crippen LogP contribution in [0.5, 0.6) is 5.88 Å². The average molecular weight is 449 g/mol. The summed E-state index contributed by atoms with van der Waals surface area (Å²) < 4.78 is 6.46. The number of aromatic nitrogens is 3. The lowest BCUT2D eigenvalue weighted by atomic mass is 10.1. The number of nitrogens with zero attached hydrogens (tertiary/aromatic N) is 4. The predicted molar refractivity (Wildman–Crippen MR) is 128 cm³/mol. The molecular weight excluding hydrogens is 420 g/mol. The minimum absolute atomic E-state index is 0.0304. The second-order valence-electron chi connectivity index (χ2n) is 8.15. The molecule has 0 aliphatic carbocycles. The smallest absolute Gasteiger partial charge is 0.247 e. The van der Waals surface area contributed by atoms with Crippen molar-refractivity contribution < 1.29 is 9.53 Å². The summed E-state index contributed by atoms with van der Waals surface area (Å²) in [6.45, 7) is 8.29. The van der Waals surface area contributed by atoms with Crippen molar-refractivity contribution in [1.82, 2.24) is 15.2 Å². The Kier molecular flexibility index (Phi) is 6.74. The first-order valence-electron chi connectivity index (χ1n) is 11.1. The van der Waals surface area contributed by atoms with Crippen molar-refractivity contribution in [3.05, 3.63) is 59.7 Å². The van der Waals surface area contributed by atoms with E-state index < -0.39 is 6.23 Å². The summed E-state index contributed by atoms with van der Waals surface area (Å²) in [6.07, 6.45) is 0.657. The third-order valence-electron chi connectivity index (χ3n) is 5.30. The first kappa shape index (κ1) is 22.3. The number of rotatable bonds is 6. The van der Waals surface area contributed by atoms with Crippen LogP contribution in [-0.4, -0.2) is 26.8 Å². The molecule has 2 aromatic carbocycles. The highest BCUT2D eigenvalue weighted by atomic mass is 32.2. The van der Waals surface area contributed by atoms with Gasteiger partial charge in [0.25, 0.3) is 0 Å². The van der Waals surface area contributed by atoms with Crippen molar-refractivity contribution in [2.75, 3.05) is 10.7 Å². The van der Waals surface area contributed by atoms with Crippen molar-refractivity contribution in [2.24, 2.45) is 5.92 Å². The summed E-state index contributed by atoms with van der Waals surface area (Å²) in [5, 5.41) is 9.39. The Labute approximate surface area is 193 Å². The number of anilines is 1. The molecule has 1 amide bonds. The van der Waals surface area contributed by atoms with Crippen molar-refractivity contribution in [3.8, 4) is 17.1 Å². The standard InChI is InChI=1S/C25H28N4O2S/c1-5-17-11-13-18(14-12-17)24-29(21(30)6-2)20-10-8-7-9-19(20)22-23(31-24)26-25(28-27-22)32-15-16(3)4/h7-14,16,24H,5-6,15H2,1-4H3/t24-/m0/s1. The SMILES string of the molecule is CCC(=O)N1c2ccccc2-c2nnc(SCC(C)C)nc2O[C@H]1c1ccc(CC)cc1. The summed E-state index contributed by atoms with van der Waals surface area (Å²) in [4.78, 5) is 19.6. The molecule has 7 heteroatoms. The number of para-hydroxylation sites is 1. The monoisotopic (exact) mass is 448 g/mol. The van der Waals surface area contributed by atoms with E-state index in [1.54, 1.807) is 16.7 Å². The van der Waals surface area contributed by atoms with Gasteiger partial charge in [-0.15, -0.1) is 10.2 Å². The molecule has 1 atom stereocenters. The van der Waals surface area contributed by atoms with Crippen LogP contribution in [0.15, 0.2) is 53.7 Å². The fourth-order valence-corrected chi connectivity index (χ4v) is 4.32. The molecule has 3 aromatic rings. The molecule has 0 saturated carbocycles. The minimum Gasteiger partial charge on any atom is -0.447 e. The van der Waals surface area contributed by atoms with Gasteiger partial charge in [0.05, 0.1) is 5.69 Å². The first-order valence-corrected chi connectivity index (χ1v) is 12.0. The van der Waals surface area contributed by atoms with Crippen molar-refractivity contribution in [2.45, 2.75) is 51.9 Å². The molecule has 1 aromatic heterocycles. The zero-order valence-electron chi connectivity index (χ0n) is 18.9. The molecule has 0 N–H and O–H groups in total. The van der Waals surface area contributed by atoms with Crippen LogP contribution < -0.4 is 9.64 Å². The number of ether oxygens (including phenoxy) is 1. The zero-order chi connectivity index (χ0) is 22.7. The number of fused-ring (bicyclic) bond motifs is 3. The number of aryl methyl sites for hydroxylation is 1. The lowest BCUT2D eigenvalue weighted by Crippen LogP contribution is -2.37. The van der Waals surface area contributed by atoms with Crippen LogP contribution in [0.2, 0.25) is 0 Å². The van der Waals surface area contributed by atoms with Gasteiger partial charge in [0, 0.05) is 23.3 Å². The second-order valence-corrected chi connectivity index (χ2v) is 9.14. The number of hydrogen-bond acceptors (Lipinski definition) is 6. The number of amides is 1. The van der Waals surface area contributed by atoms with Gasteiger partial charge in [0.2, 0.25) is 23.2 Å². The molecule has 0 bridgehead atoms. The molecule has 0 spiro atoms. The van der Waals surface area contributed by atoms with Crippen LogP contribution in [0.3, 0.4) is 0 Å². The van der Waals surface area contributed by atoms with Gasteiger partial charge >= 0.3 is 0 Å². The maximum absolute atomic E-state index is 13.2. The third kappa shape index (κ3) is 4.48. The summed E-state index contributed by atoms with van der Waals surface area (Å²) in [6, 6.07) is 15.9. The van der Waals surface area contributed by atoms with Crippen LogP contribution in [-0.2, 0) is 11.2 Å². The van der Waals surface area contributed by atoms with E-state index in [4.69, 9.17) is 9.72 Å². The number of carbonyl (C=O) groups is 1. The second kappa shape index (κ2) is 9.69. The molecule has 166 valence electrons. The normalized spacial score (nSPS) is 15.0. The van der Waals surface area contributed by atoms with Gasteiger partial charge < -0.3 is 4.74 Å². The van der Waals surface area contributed by atoms with Crippen LogP contribution in [0, 0.1) is 5.92 Å². The van der Waals surface area contributed by atoms with Gasteiger partial charge in [-0.1, -0.05) is 81.9 Å². The van der Waals surface area contributed by atoms with E-state index >= 15 is 0 Å². The van der Waals surface area contributed by atoms with Gasteiger partial charge in [0.1, 0.15) is 0 Å². The van der Waals surface area contributed by atoms with Gasteiger partial charge in [0.15, 0.2) is 5.69 Å². The topological polar surface area (TPSA) is 68.2 Å². The Morgan fingerprint density at radius 2 is 1.84 bits per heavy atom. The summed E-state index contributed by atoms with van der Waals surface area (Å²) >= 11 is 1.56. The Bertz CT molecular complexity index is 1100. The molecule has 4 rings (SSSR count). The average Bonchev–Trinajstić information content (AvgIpc) is 2.96. The van der Waals surface area contributed by atoms with Gasteiger partial charge in [-0.25, -0.2) is 0 Å². The molecule has 32 heavy (non-hydrogen) atoms. The zero-order valence-corrected chi connectivity index (χ0v) is 19.7. The van der Waals surface area contributed by atoms with Crippen molar-refractivity contribution in [3.63, 3.8) is 0 Å². The molecule has 6 nitrogen and oxygen atoms in total. The van der Waals surface area contributed by atoms with Gasteiger partial charge in [-0.05, 0) is 24.0 Å². The Balaban J connectivity index is 1.86. The number of carbonyl (C=O) groups excluding carboxylic acids is 1.